The zero-order chi connectivity index (χ0) is 13.1. The van der Waals surface area contributed by atoms with Crippen molar-refractivity contribution >= 4 is 28.7 Å². The van der Waals surface area contributed by atoms with E-state index in [2.05, 4.69) is 5.32 Å². The summed E-state index contributed by atoms with van der Waals surface area (Å²) in [7, 11) is 1.62. The molecule has 3 nitrogen and oxygen atoms in total. The minimum atomic E-state index is 0.642. The minimum absolute atomic E-state index is 0.642. The Morgan fingerprint density at radius 1 is 1.11 bits per heavy atom. The van der Waals surface area contributed by atoms with Gasteiger partial charge >= 0.3 is 0 Å². The highest BCUT2D eigenvalue weighted by Crippen LogP contribution is 2.29. The minimum Gasteiger partial charge on any atom is -0.497 e. The summed E-state index contributed by atoms with van der Waals surface area (Å²) in [6.07, 6.45) is 0. The van der Waals surface area contributed by atoms with Gasteiger partial charge in [-0.15, -0.1) is 0 Å². The van der Waals surface area contributed by atoms with Crippen LogP contribution in [0.5, 0.6) is 5.75 Å². The topological polar surface area (TPSA) is 47.3 Å². The second-order valence-electron chi connectivity index (χ2n) is 4.04. The molecule has 0 aromatic heterocycles. The van der Waals surface area contributed by atoms with E-state index in [0.717, 1.165) is 27.7 Å². The standard InChI is InChI=1S/C14H15ClN2O/c1-9-7-10(15)3-5-13(9)17-14-6-4-11(18-2)8-12(14)16/h3-8,17H,16H2,1-2H3. The molecule has 2 aromatic rings. The van der Waals surface area contributed by atoms with Gasteiger partial charge in [0.2, 0.25) is 0 Å². The van der Waals surface area contributed by atoms with Gasteiger partial charge in [-0.2, -0.15) is 0 Å². The fraction of sp³-hybridized carbons (Fsp3) is 0.143. The van der Waals surface area contributed by atoms with Crippen LogP contribution < -0.4 is 15.8 Å². The van der Waals surface area contributed by atoms with E-state index >= 15 is 0 Å². The summed E-state index contributed by atoms with van der Waals surface area (Å²) in [5.41, 5.74) is 9.50. The molecule has 0 saturated carbocycles. The normalized spacial score (nSPS) is 10.2. The van der Waals surface area contributed by atoms with E-state index in [1.54, 1.807) is 13.2 Å². The van der Waals surface area contributed by atoms with E-state index in [9.17, 15) is 0 Å². The highest BCUT2D eigenvalue weighted by Gasteiger charge is 2.04. The van der Waals surface area contributed by atoms with Gasteiger partial charge < -0.3 is 15.8 Å². The third-order valence-corrected chi connectivity index (χ3v) is 2.95. The first kappa shape index (κ1) is 12.6. The number of nitrogens with one attached hydrogen (secondary N) is 1. The van der Waals surface area contributed by atoms with Gasteiger partial charge in [0, 0.05) is 16.8 Å². The fourth-order valence-electron chi connectivity index (χ4n) is 1.69. The van der Waals surface area contributed by atoms with Gasteiger partial charge in [0.15, 0.2) is 0 Å². The molecule has 0 aliphatic rings. The number of nitrogen functional groups attached to an aromatic ring is 1. The fourth-order valence-corrected chi connectivity index (χ4v) is 1.92. The number of hydrogen-bond donors (Lipinski definition) is 2. The monoisotopic (exact) mass is 262 g/mol. The number of halogens is 1. The van der Waals surface area contributed by atoms with Crippen LogP contribution in [0.1, 0.15) is 5.56 Å². The third-order valence-electron chi connectivity index (χ3n) is 2.72. The molecule has 0 aliphatic carbocycles. The molecule has 94 valence electrons. The Hall–Kier alpha value is -1.87. The number of methoxy groups -OCH3 is 1. The summed E-state index contributed by atoms with van der Waals surface area (Å²) in [6, 6.07) is 11.2. The first-order valence-electron chi connectivity index (χ1n) is 5.57. The second-order valence-corrected chi connectivity index (χ2v) is 4.47. The molecule has 2 aromatic carbocycles. The highest BCUT2D eigenvalue weighted by atomic mass is 35.5. The number of benzene rings is 2. The summed E-state index contributed by atoms with van der Waals surface area (Å²) in [5.74, 6) is 0.742. The zero-order valence-corrected chi connectivity index (χ0v) is 11.1. The zero-order valence-electron chi connectivity index (χ0n) is 10.3. The van der Waals surface area contributed by atoms with Gasteiger partial charge in [0.05, 0.1) is 18.5 Å². The van der Waals surface area contributed by atoms with Crippen molar-refractivity contribution < 1.29 is 4.74 Å². The molecule has 18 heavy (non-hydrogen) atoms. The lowest BCUT2D eigenvalue weighted by molar-refractivity contribution is 0.415. The predicted molar refractivity (Wildman–Crippen MR) is 76.9 cm³/mol. The van der Waals surface area contributed by atoms with Crippen molar-refractivity contribution in [2.45, 2.75) is 6.92 Å². The van der Waals surface area contributed by atoms with Crippen LogP contribution >= 0.6 is 11.6 Å². The number of nitrogens with two attached hydrogens (primary N) is 1. The number of ether oxygens (including phenoxy) is 1. The van der Waals surface area contributed by atoms with Crippen molar-refractivity contribution in [3.8, 4) is 5.75 Å². The van der Waals surface area contributed by atoms with E-state index in [0.29, 0.717) is 5.69 Å². The molecule has 0 bridgehead atoms. The Balaban J connectivity index is 2.28. The molecule has 0 heterocycles. The Kier molecular flexibility index (Phi) is 3.63. The van der Waals surface area contributed by atoms with Crippen LogP contribution in [0.2, 0.25) is 5.02 Å². The molecule has 0 unspecified atom stereocenters. The molecule has 2 rings (SSSR count). The van der Waals surface area contributed by atoms with Gasteiger partial charge in [0.1, 0.15) is 5.75 Å². The van der Waals surface area contributed by atoms with Crippen LogP contribution in [0.3, 0.4) is 0 Å². The number of hydrogen-bond acceptors (Lipinski definition) is 3. The summed E-state index contributed by atoms with van der Waals surface area (Å²) < 4.78 is 5.11. The maximum absolute atomic E-state index is 5.96. The Bertz CT molecular complexity index is 570. The molecule has 0 amide bonds. The molecule has 4 heteroatoms. The SMILES string of the molecule is COc1ccc(Nc2ccc(Cl)cc2C)c(N)c1. The van der Waals surface area contributed by atoms with E-state index in [4.69, 9.17) is 22.1 Å². The first-order chi connectivity index (χ1) is 8.60. The van der Waals surface area contributed by atoms with Gasteiger partial charge in [-0.1, -0.05) is 11.6 Å². The summed E-state index contributed by atoms with van der Waals surface area (Å²) in [4.78, 5) is 0. The molecular weight excluding hydrogens is 248 g/mol. The lowest BCUT2D eigenvalue weighted by atomic mass is 10.2. The molecule has 0 saturated heterocycles. The number of rotatable bonds is 3. The summed E-state index contributed by atoms with van der Waals surface area (Å²) >= 11 is 5.92. The van der Waals surface area contributed by atoms with Gasteiger partial charge in [-0.3, -0.25) is 0 Å². The Labute approximate surface area is 112 Å². The van der Waals surface area contributed by atoms with Crippen molar-refractivity contribution in [1.82, 2.24) is 0 Å². The lowest BCUT2D eigenvalue weighted by Crippen LogP contribution is -1.98. The van der Waals surface area contributed by atoms with Crippen LogP contribution in [0.4, 0.5) is 17.1 Å². The van der Waals surface area contributed by atoms with Crippen LogP contribution in [-0.2, 0) is 0 Å². The van der Waals surface area contributed by atoms with Crippen LogP contribution in [0, 0.1) is 6.92 Å². The van der Waals surface area contributed by atoms with E-state index < -0.39 is 0 Å². The molecule has 0 fully saturated rings. The van der Waals surface area contributed by atoms with Crippen molar-refractivity contribution in [1.29, 1.82) is 0 Å². The molecule has 0 atom stereocenters. The Morgan fingerprint density at radius 3 is 2.44 bits per heavy atom. The maximum atomic E-state index is 5.96. The maximum Gasteiger partial charge on any atom is 0.121 e. The molecular formula is C14H15ClN2O. The molecule has 0 spiro atoms. The van der Waals surface area contributed by atoms with E-state index in [1.165, 1.54) is 0 Å². The summed E-state index contributed by atoms with van der Waals surface area (Å²) in [6.45, 7) is 1.99. The van der Waals surface area contributed by atoms with Gasteiger partial charge in [0.25, 0.3) is 0 Å². The predicted octanol–water partition coefficient (Wildman–Crippen LogP) is 3.98. The van der Waals surface area contributed by atoms with Crippen molar-refractivity contribution in [3.63, 3.8) is 0 Å². The lowest BCUT2D eigenvalue weighted by Gasteiger charge is -2.12. The number of anilines is 3. The highest BCUT2D eigenvalue weighted by molar-refractivity contribution is 6.30. The van der Waals surface area contributed by atoms with Crippen LogP contribution in [-0.4, -0.2) is 7.11 Å². The first-order valence-corrected chi connectivity index (χ1v) is 5.94. The third kappa shape index (κ3) is 2.68. The Morgan fingerprint density at radius 2 is 1.83 bits per heavy atom. The quantitative estimate of drug-likeness (QED) is 0.823. The van der Waals surface area contributed by atoms with Crippen LogP contribution in [0.25, 0.3) is 0 Å². The smallest absolute Gasteiger partial charge is 0.121 e. The van der Waals surface area contributed by atoms with E-state index in [1.807, 2.05) is 37.3 Å². The number of aryl methyl sites for hydroxylation is 1. The average Bonchev–Trinajstić information content (AvgIpc) is 2.34. The average molecular weight is 263 g/mol. The van der Waals surface area contributed by atoms with E-state index in [-0.39, 0.29) is 0 Å². The van der Waals surface area contributed by atoms with Crippen molar-refractivity contribution in [2.24, 2.45) is 0 Å². The molecule has 0 aliphatic heterocycles. The summed E-state index contributed by atoms with van der Waals surface area (Å²) in [5, 5.41) is 4.00. The molecule has 3 N–H and O–H groups in total. The molecule has 0 radical (unpaired) electrons. The largest absolute Gasteiger partial charge is 0.497 e. The second kappa shape index (κ2) is 5.19. The van der Waals surface area contributed by atoms with Crippen molar-refractivity contribution in [2.75, 3.05) is 18.2 Å². The van der Waals surface area contributed by atoms with Crippen molar-refractivity contribution in [3.05, 3.63) is 47.0 Å². The van der Waals surface area contributed by atoms with Gasteiger partial charge in [-0.05, 0) is 42.8 Å². The van der Waals surface area contributed by atoms with Gasteiger partial charge in [-0.25, -0.2) is 0 Å². The van der Waals surface area contributed by atoms with Crippen LogP contribution in [0.15, 0.2) is 36.4 Å².